The van der Waals surface area contributed by atoms with Crippen molar-refractivity contribution in [3.63, 3.8) is 0 Å². The molecule has 6 heteroatoms. The van der Waals surface area contributed by atoms with E-state index in [4.69, 9.17) is 33.2 Å². The van der Waals surface area contributed by atoms with Gasteiger partial charge in [-0.25, -0.2) is 4.98 Å². The molecule has 2 aromatic rings. The molecule has 0 radical (unpaired) electrons. The van der Waals surface area contributed by atoms with Crippen molar-refractivity contribution in [2.24, 2.45) is 0 Å². The fourth-order valence-corrected chi connectivity index (χ4v) is 3.40. The lowest BCUT2D eigenvalue weighted by molar-refractivity contribution is 0.695. The van der Waals surface area contributed by atoms with Crippen LogP contribution in [0.5, 0.6) is 0 Å². The van der Waals surface area contributed by atoms with E-state index in [-0.39, 0.29) is 0 Å². The molecular formula is C10H11Cl3N2Si. The van der Waals surface area contributed by atoms with E-state index in [0.29, 0.717) is 6.04 Å². The highest BCUT2D eigenvalue weighted by molar-refractivity contribution is 7.64. The maximum atomic E-state index is 5.84. The minimum absolute atomic E-state index is 0.685. The highest BCUT2D eigenvalue weighted by Crippen LogP contribution is 2.27. The Morgan fingerprint density at radius 1 is 1.19 bits per heavy atom. The number of hydrogen-bond acceptors (Lipinski definition) is 1. The first-order chi connectivity index (χ1) is 7.56. The summed E-state index contributed by atoms with van der Waals surface area (Å²) >= 11 is 17.5. The molecule has 0 spiro atoms. The Morgan fingerprint density at radius 2 is 1.94 bits per heavy atom. The Kier molecular flexibility index (Phi) is 3.80. The number of para-hydroxylation sites is 2. The van der Waals surface area contributed by atoms with E-state index < -0.39 is 6.00 Å². The van der Waals surface area contributed by atoms with Crippen LogP contribution in [0.1, 0.15) is 6.42 Å². The molecule has 0 atom stereocenters. The zero-order chi connectivity index (χ0) is 11.6. The van der Waals surface area contributed by atoms with Crippen LogP contribution in [0.3, 0.4) is 0 Å². The van der Waals surface area contributed by atoms with E-state index in [1.54, 1.807) is 0 Å². The van der Waals surface area contributed by atoms with Crippen molar-refractivity contribution in [2.75, 3.05) is 0 Å². The number of nitrogens with zero attached hydrogens (tertiary/aromatic N) is 2. The number of aryl methyl sites for hydroxylation is 1. The first-order valence-corrected chi connectivity index (χ1v) is 10.3. The third-order valence-electron chi connectivity index (χ3n) is 2.39. The molecule has 16 heavy (non-hydrogen) atoms. The summed E-state index contributed by atoms with van der Waals surface area (Å²) in [5.74, 6) is 0. The maximum Gasteiger partial charge on any atom is 0.341 e. The molecule has 0 aliphatic rings. The Hall–Kier alpha value is -0.223. The van der Waals surface area contributed by atoms with Gasteiger partial charge in [-0.05, 0) is 24.6 Å². The lowest BCUT2D eigenvalue weighted by Gasteiger charge is -2.08. The van der Waals surface area contributed by atoms with E-state index in [2.05, 4.69) is 15.6 Å². The molecule has 0 fully saturated rings. The monoisotopic (exact) mass is 292 g/mol. The van der Waals surface area contributed by atoms with Gasteiger partial charge in [0.15, 0.2) is 0 Å². The number of rotatable bonds is 4. The number of benzene rings is 1. The summed E-state index contributed by atoms with van der Waals surface area (Å²) in [4.78, 5) is 4.31. The lowest BCUT2D eigenvalue weighted by atomic mass is 10.3. The number of halogens is 3. The fraction of sp³-hybridized carbons (Fsp3) is 0.300. The van der Waals surface area contributed by atoms with Crippen LogP contribution < -0.4 is 0 Å². The SMILES string of the molecule is Cl[Si](Cl)(Cl)CCCn1cnc2ccccc21. The number of hydrogen-bond donors (Lipinski definition) is 0. The molecule has 0 N–H and O–H groups in total. The molecule has 2 nitrogen and oxygen atoms in total. The zero-order valence-electron chi connectivity index (χ0n) is 8.54. The van der Waals surface area contributed by atoms with Gasteiger partial charge in [0.2, 0.25) is 0 Å². The first-order valence-electron chi connectivity index (χ1n) is 5.03. The van der Waals surface area contributed by atoms with Gasteiger partial charge in [0.25, 0.3) is 0 Å². The van der Waals surface area contributed by atoms with Gasteiger partial charge in [0.1, 0.15) is 0 Å². The number of imidazole rings is 1. The highest BCUT2D eigenvalue weighted by atomic mass is 35.8. The molecule has 0 amide bonds. The van der Waals surface area contributed by atoms with Gasteiger partial charge in [-0.1, -0.05) is 12.1 Å². The lowest BCUT2D eigenvalue weighted by Crippen LogP contribution is -2.10. The normalized spacial score (nSPS) is 12.2. The predicted octanol–water partition coefficient (Wildman–Crippen LogP) is 4.08. The Balaban J connectivity index is 2.05. The quantitative estimate of drug-likeness (QED) is 0.613. The summed E-state index contributed by atoms with van der Waals surface area (Å²) in [6.45, 7) is 0.849. The van der Waals surface area contributed by atoms with E-state index in [0.717, 1.165) is 24.0 Å². The van der Waals surface area contributed by atoms with Gasteiger partial charge in [-0.3, -0.25) is 0 Å². The topological polar surface area (TPSA) is 17.8 Å². The molecule has 0 saturated carbocycles. The maximum absolute atomic E-state index is 5.84. The number of aromatic nitrogens is 2. The molecule has 1 aromatic heterocycles. The van der Waals surface area contributed by atoms with E-state index >= 15 is 0 Å². The average Bonchev–Trinajstić information content (AvgIpc) is 2.60. The molecule has 0 aliphatic carbocycles. The predicted molar refractivity (Wildman–Crippen MR) is 72.5 cm³/mol. The Morgan fingerprint density at radius 3 is 2.69 bits per heavy atom. The zero-order valence-corrected chi connectivity index (χ0v) is 11.8. The van der Waals surface area contributed by atoms with Crippen molar-refractivity contribution in [2.45, 2.75) is 19.0 Å². The van der Waals surface area contributed by atoms with E-state index in [9.17, 15) is 0 Å². The first kappa shape index (κ1) is 12.2. The molecule has 86 valence electrons. The van der Waals surface area contributed by atoms with Gasteiger partial charge in [0.05, 0.1) is 17.4 Å². The second kappa shape index (κ2) is 4.96. The molecule has 1 heterocycles. The van der Waals surface area contributed by atoms with Crippen LogP contribution >= 0.6 is 33.2 Å². The molecule has 0 aliphatic heterocycles. The smallest absolute Gasteiger partial charge is 0.331 e. The van der Waals surface area contributed by atoms with Crippen LogP contribution in [0.25, 0.3) is 11.0 Å². The second-order valence-electron chi connectivity index (χ2n) is 3.65. The molecule has 0 saturated heterocycles. The molecule has 0 unspecified atom stereocenters. The van der Waals surface area contributed by atoms with Crippen LogP contribution in [-0.2, 0) is 6.54 Å². The summed E-state index contributed by atoms with van der Waals surface area (Å²) in [6.07, 6.45) is 2.72. The third-order valence-corrected chi connectivity index (χ3v) is 5.01. The van der Waals surface area contributed by atoms with Crippen molar-refractivity contribution in [3.8, 4) is 0 Å². The van der Waals surface area contributed by atoms with Crippen molar-refractivity contribution < 1.29 is 0 Å². The summed E-state index contributed by atoms with van der Waals surface area (Å²) in [5, 5.41) is 0. The van der Waals surface area contributed by atoms with Crippen molar-refractivity contribution in [3.05, 3.63) is 30.6 Å². The summed E-state index contributed by atoms with van der Waals surface area (Å²) < 4.78 is 2.10. The van der Waals surface area contributed by atoms with Gasteiger partial charge < -0.3 is 4.57 Å². The molecule has 2 rings (SSSR count). The van der Waals surface area contributed by atoms with Gasteiger partial charge in [-0.15, -0.1) is 33.2 Å². The van der Waals surface area contributed by atoms with E-state index in [1.807, 2.05) is 24.5 Å². The minimum atomic E-state index is -2.48. The summed E-state index contributed by atoms with van der Waals surface area (Å²) in [6, 6.07) is 6.24. The summed E-state index contributed by atoms with van der Waals surface area (Å²) in [7, 11) is 0. The van der Waals surface area contributed by atoms with Crippen molar-refractivity contribution in [1.82, 2.24) is 9.55 Å². The summed E-state index contributed by atoms with van der Waals surface area (Å²) in [5.41, 5.74) is 2.14. The standard InChI is InChI=1S/C10H11Cl3N2Si/c11-16(12,13)7-3-6-15-8-14-9-4-1-2-5-10(9)15/h1-2,4-5,8H,3,6-7H2. The minimum Gasteiger partial charge on any atom is -0.331 e. The second-order valence-corrected chi connectivity index (χ2v) is 12.9. The van der Waals surface area contributed by atoms with Crippen LogP contribution in [0, 0.1) is 0 Å². The highest BCUT2D eigenvalue weighted by Gasteiger charge is 2.23. The molecule has 1 aromatic carbocycles. The Bertz CT molecular complexity index is 478. The van der Waals surface area contributed by atoms with Gasteiger partial charge in [-0.2, -0.15) is 0 Å². The average molecular weight is 294 g/mol. The third kappa shape index (κ3) is 3.14. The largest absolute Gasteiger partial charge is 0.341 e. The molecular weight excluding hydrogens is 283 g/mol. The van der Waals surface area contributed by atoms with Gasteiger partial charge >= 0.3 is 6.00 Å². The molecule has 0 bridgehead atoms. The fourth-order valence-electron chi connectivity index (χ4n) is 1.64. The Labute approximate surface area is 109 Å². The van der Waals surface area contributed by atoms with Crippen LogP contribution in [-0.4, -0.2) is 15.6 Å². The van der Waals surface area contributed by atoms with Crippen LogP contribution in [0.15, 0.2) is 30.6 Å². The van der Waals surface area contributed by atoms with Crippen LogP contribution in [0.2, 0.25) is 6.04 Å². The van der Waals surface area contributed by atoms with Crippen molar-refractivity contribution >= 4 is 50.3 Å². The van der Waals surface area contributed by atoms with Gasteiger partial charge in [0, 0.05) is 6.54 Å². The van der Waals surface area contributed by atoms with Crippen molar-refractivity contribution in [1.29, 1.82) is 0 Å². The van der Waals surface area contributed by atoms with E-state index in [1.165, 1.54) is 0 Å². The number of fused-ring (bicyclic) bond motifs is 1. The van der Waals surface area contributed by atoms with Crippen LogP contribution in [0.4, 0.5) is 0 Å².